The molecule has 0 heterocycles. The first-order chi connectivity index (χ1) is 3.85. The Labute approximate surface area is 48.6 Å². The molecule has 4 nitrogen and oxygen atoms in total. The molecule has 0 saturated heterocycles. The van der Waals surface area contributed by atoms with Crippen molar-refractivity contribution in [2.45, 2.75) is 12.8 Å². The fraction of sp³-hybridized carbons (Fsp3) is 0.500. The summed E-state index contributed by atoms with van der Waals surface area (Å²) in [6.07, 6.45) is 1.40. The van der Waals surface area contributed by atoms with Gasteiger partial charge in [-0.15, -0.1) is 0 Å². The van der Waals surface area contributed by atoms with E-state index in [4.69, 9.17) is 11.8 Å². The average molecular weight is 118 g/mol. The Morgan fingerprint density at radius 2 is 1.88 bits per heavy atom. The quantitative estimate of drug-likeness (QED) is 0.504. The summed E-state index contributed by atoms with van der Waals surface area (Å²) in [6.45, 7) is 3.53. The lowest BCUT2D eigenvalue weighted by Gasteiger charge is -2.05. The van der Waals surface area contributed by atoms with E-state index in [-0.39, 0.29) is 6.29 Å². The van der Waals surface area contributed by atoms with Crippen molar-refractivity contribution >= 4 is 0 Å². The number of hydrogen-bond donors (Lipinski definition) is 2. The molecule has 0 aromatic carbocycles. The number of hydrogen-bond acceptors (Lipinski definition) is 4. The van der Waals surface area contributed by atoms with Crippen LogP contribution in [0.25, 0.3) is 0 Å². The highest BCUT2D eigenvalue weighted by atomic mass is 16.8. The molecule has 0 atom stereocenters. The zero-order valence-electron chi connectivity index (χ0n) is 4.59. The molecule has 0 rings (SSSR count). The summed E-state index contributed by atoms with van der Waals surface area (Å²) in [5.74, 6) is 9.40. The fourth-order valence-electron chi connectivity index (χ4n) is 0.290. The van der Waals surface area contributed by atoms with Crippen LogP contribution in [0, 0.1) is 13.2 Å². The van der Waals surface area contributed by atoms with Crippen molar-refractivity contribution in [2.24, 2.45) is 11.8 Å². The molecule has 0 aromatic rings. The van der Waals surface area contributed by atoms with Crippen molar-refractivity contribution in [1.29, 1.82) is 0 Å². The maximum atomic E-state index is 4.70. The largest absolute Gasteiger partial charge is 0.262 e. The smallest absolute Gasteiger partial charge is 0.261 e. The van der Waals surface area contributed by atoms with Gasteiger partial charge in [-0.05, 0) is 6.42 Å². The lowest BCUT2D eigenvalue weighted by molar-refractivity contribution is -0.0538. The van der Waals surface area contributed by atoms with Crippen LogP contribution in [0.3, 0.4) is 0 Å². The topological polar surface area (TPSA) is 70.5 Å². The summed E-state index contributed by atoms with van der Waals surface area (Å²) in [5, 5.41) is 0. The lowest BCUT2D eigenvalue weighted by atomic mass is 10.3. The second-order valence-electron chi connectivity index (χ2n) is 1.21. The van der Waals surface area contributed by atoms with Crippen LogP contribution in [-0.4, -0.2) is 0 Å². The molecule has 0 spiro atoms. The Morgan fingerprint density at radius 3 is 2.00 bits per heavy atom. The summed E-state index contributed by atoms with van der Waals surface area (Å²) in [4.78, 5) is 8.34. The third-order valence-electron chi connectivity index (χ3n) is 0.644. The van der Waals surface area contributed by atoms with Crippen molar-refractivity contribution in [3.8, 4) is 0 Å². The van der Waals surface area contributed by atoms with Crippen LogP contribution in [-0.2, 0) is 9.68 Å². The summed E-state index contributed by atoms with van der Waals surface area (Å²) in [7, 11) is 0. The minimum atomic E-state index is 0.208. The molecular formula is C4H10N2O2. The Kier molecular flexibility index (Phi) is 4.89. The van der Waals surface area contributed by atoms with Crippen LogP contribution in [0.1, 0.15) is 12.8 Å². The van der Waals surface area contributed by atoms with E-state index >= 15 is 0 Å². The predicted molar refractivity (Wildman–Crippen MR) is 28.4 cm³/mol. The van der Waals surface area contributed by atoms with Gasteiger partial charge in [0.15, 0.2) is 0 Å². The molecule has 0 saturated carbocycles. The highest BCUT2D eigenvalue weighted by Crippen LogP contribution is 2.05. The monoisotopic (exact) mass is 118 g/mol. The summed E-state index contributed by atoms with van der Waals surface area (Å²) >= 11 is 0. The average Bonchev–Trinajstić information content (AvgIpc) is 1.83. The molecule has 0 fully saturated rings. The second-order valence-corrected chi connectivity index (χ2v) is 1.21. The maximum Gasteiger partial charge on any atom is 0.261 e. The van der Waals surface area contributed by atoms with Crippen molar-refractivity contribution < 1.29 is 9.68 Å². The normalized spacial score (nSPS) is 10.5. The van der Waals surface area contributed by atoms with Gasteiger partial charge in [0.2, 0.25) is 0 Å². The molecule has 0 bridgehead atoms. The van der Waals surface area contributed by atoms with Gasteiger partial charge in [0, 0.05) is 6.42 Å². The van der Waals surface area contributed by atoms with E-state index < -0.39 is 0 Å². The van der Waals surface area contributed by atoms with E-state index in [0.29, 0.717) is 12.8 Å². The Morgan fingerprint density at radius 1 is 1.38 bits per heavy atom. The van der Waals surface area contributed by atoms with Gasteiger partial charge in [-0.3, -0.25) is 9.68 Å². The Bertz CT molecular complexity index is 47.3. The SMILES string of the molecule is [CH2]CC[C](ON)ON. The molecule has 0 aliphatic rings. The zero-order chi connectivity index (χ0) is 6.41. The van der Waals surface area contributed by atoms with Gasteiger partial charge in [0.25, 0.3) is 6.29 Å². The lowest BCUT2D eigenvalue weighted by Crippen LogP contribution is -2.15. The van der Waals surface area contributed by atoms with E-state index in [0.717, 1.165) is 0 Å². The first-order valence-corrected chi connectivity index (χ1v) is 2.23. The van der Waals surface area contributed by atoms with Gasteiger partial charge in [0.1, 0.15) is 0 Å². The van der Waals surface area contributed by atoms with Crippen LogP contribution < -0.4 is 11.8 Å². The van der Waals surface area contributed by atoms with Crippen molar-refractivity contribution in [3.63, 3.8) is 0 Å². The summed E-state index contributed by atoms with van der Waals surface area (Å²) in [6, 6.07) is 0. The molecular weight excluding hydrogens is 108 g/mol. The molecule has 4 heteroatoms. The molecule has 8 heavy (non-hydrogen) atoms. The minimum absolute atomic E-state index is 0.208. The van der Waals surface area contributed by atoms with E-state index in [1.165, 1.54) is 0 Å². The van der Waals surface area contributed by atoms with Gasteiger partial charge in [-0.25, -0.2) is 11.8 Å². The minimum Gasteiger partial charge on any atom is -0.262 e. The van der Waals surface area contributed by atoms with E-state index in [2.05, 4.69) is 16.6 Å². The van der Waals surface area contributed by atoms with Gasteiger partial charge >= 0.3 is 0 Å². The highest BCUT2D eigenvalue weighted by Gasteiger charge is 2.05. The molecule has 0 aliphatic carbocycles. The van der Waals surface area contributed by atoms with Crippen molar-refractivity contribution in [3.05, 3.63) is 13.2 Å². The van der Waals surface area contributed by atoms with Crippen LogP contribution in [0.5, 0.6) is 0 Å². The number of rotatable bonds is 4. The second kappa shape index (κ2) is 4.99. The van der Waals surface area contributed by atoms with Gasteiger partial charge in [-0.1, -0.05) is 6.92 Å². The van der Waals surface area contributed by atoms with Gasteiger partial charge in [0.05, 0.1) is 0 Å². The van der Waals surface area contributed by atoms with Crippen LogP contribution in [0.15, 0.2) is 0 Å². The summed E-state index contributed by atoms with van der Waals surface area (Å²) < 4.78 is 0. The Hall–Kier alpha value is -0.160. The molecule has 0 aliphatic heterocycles. The van der Waals surface area contributed by atoms with Gasteiger partial charge in [-0.2, -0.15) is 0 Å². The van der Waals surface area contributed by atoms with Crippen LogP contribution >= 0.6 is 0 Å². The van der Waals surface area contributed by atoms with Crippen LogP contribution in [0.2, 0.25) is 0 Å². The standard InChI is InChI=1S/C4H10N2O2/c1-2-3-4(7-5)8-6/h1-3,5-6H2. The van der Waals surface area contributed by atoms with Crippen molar-refractivity contribution in [2.75, 3.05) is 0 Å². The molecule has 0 aromatic heterocycles. The molecule has 2 radical (unpaired) electrons. The first kappa shape index (κ1) is 7.84. The third-order valence-corrected chi connectivity index (χ3v) is 0.644. The van der Waals surface area contributed by atoms with Gasteiger partial charge < -0.3 is 0 Å². The third kappa shape index (κ3) is 2.92. The van der Waals surface area contributed by atoms with Crippen LogP contribution in [0.4, 0.5) is 0 Å². The first-order valence-electron chi connectivity index (χ1n) is 2.23. The molecule has 48 valence electrons. The predicted octanol–water partition coefficient (Wildman–Crippen LogP) is -0.129. The fourth-order valence-corrected chi connectivity index (χ4v) is 0.290. The number of nitrogens with two attached hydrogens (primary N) is 2. The molecule has 0 unspecified atom stereocenters. The summed E-state index contributed by atoms with van der Waals surface area (Å²) in [5.41, 5.74) is 0. The zero-order valence-corrected chi connectivity index (χ0v) is 4.59. The highest BCUT2D eigenvalue weighted by molar-refractivity contribution is 4.61. The Balaban J connectivity index is 3.07. The van der Waals surface area contributed by atoms with Crippen molar-refractivity contribution in [1.82, 2.24) is 0 Å². The molecule has 0 amide bonds. The molecule has 4 N–H and O–H groups in total. The van der Waals surface area contributed by atoms with E-state index in [1.807, 2.05) is 0 Å². The maximum absolute atomic E-state index is 4.70. The van der Waals surface area contributed by atoms with E-state index in [1.54, 1.807) is 0 Å². The van der Waals surface area contributed by atoms with E-state index in [9.17, 15) is 0 Å².